The number of nitrogens with zero attached hydrogens (tertiary/aromatic N) is 1. The lowest BCUT2D eigenvalue weighted by Gasteiger charge is -2.23. The minimum atomic E-state index is -4.77. The van der Waals surface area contributed by atoms with Gasteiger partial charge < -0.3 is 15.1 Å². The molecule has 0 radical (unpaired) electrons. The second kappa shape index (κ2) is 5.51. The van der Waals surface area contributed by atoms with Crippen molar-refractivity contribution < 1.29 is 36.9 Å². The monoisotopic (exact) mass is 297 g/mol. The molecule has 0 spiro atoms. The summed E-state index contributed by atoms with van der Waals surface area (Å²) >= 11 is 0. The Morgan fingerprint density at radius 3 is 2.42 bits per heavy atom. The number of rotatable bonds is 6. The van der Waals surface area contributed by atoms with Crippen LogP contribution < -0.4 is 0 Å². The van der Waals surface area contributed by atoms with Gasteiger partial charge in [0.2, 0.25) is 5.91 Å². The number of carbonyl (C=O) groups excluding carboxylic acids is 1. The third-order valence-corrected chi connectivity index (χ3v) is 3.57. The van der Waals surface area contributed by atoms with Crippen LogP contribution in [0.4, 0.5) is 3.89 Å². The van der Waals surface area contributed by atoms with E-state index in [1.807, 2.05) is 0 Å². The largest absolute Gasteiger partial charge is 0.481 e. The first kappa shape index (κ1) is 15.3. The average molecular weight is 297 g/mol. The number of halogens is 1. The SMILES string of the molecule is O=C(O)CC(C(=O)O)N1CC(CS(=O)(=O)F)CC1=O. The predicted octanol–water partition coefficient (Wildman–Crippen LogP) is -0.938. The Bertz CT molecular complexity index is 503. The number of amides is 1. The van der Waals surface area contributed by atoms with Crippen LogP contribution in [0.3, 0.4) is 0 Å². The van der Waals surface area contributed by atoms with Crippen molar-refractivity contribution in [3.63, 3.8) is 0 Å². The van der Waals surface area contributed by atoms with Crippen LogP contribution in [-0.2, 0) is 24.6 Å². The quantitative estimate of drug-likeness (QED) is 0.605. The van der Waals surface area contributed by atoms with Crippen LogP contribution in [0.2, 0.25) is 0 Å². The normalized spacial score (nSPS) is 21.4. The smallest absolute Gasteiger partial charge is 0.327 e. The highest BCUT2D eigenvalue weighted by molar-refractivity contribution is 7.86. The molecule has 1 aliphatic heterocycles. The highest BCUT2D eigenvalue weighted by Gasteiger charge is 2.40. The fraction of sp³-hybridized carbons (Fsp3) is 0.667. The van der Waals surface area contributed by atoms with E-state index in [0.717, 1.165) is 4.90 Å². The van der Waals surface area contributed by atoms with E-state index in [4.69, 9.17) is 10.2 Å². The molecule has 0 bridgehead atoms. The highest BCUT2D eigenvalue weighted by atomic mass is 32.3. The van der Waals surface area contributed by atoms with Gasteiger partial charge in [-0.15, -0.1) is 3.89 Å². The van der Waals surface area contributed by atoms with Gasteiger partial charge in [0.15, 0.2) is 0 Å². The molecule has 1 aliphatic rings. The summed E-state index contributed by atoms with van der Waals surface area (Å²) in [5, 5.41) is 17.4. The van der Waals surface area contributed by atoms with Gasteiger partial charge in [0.25, 0.3) is 0 Å². The summed E-state index contributed by atoms with van der Waals surface area (Å²) in [6, 6.07) is -1.57. The minimum Gasteiger partial charge on any atom is -0.481 e. The summed E-state index contributed by atoms with van der Waals surface area (Å²) in [6.45, 7) is -0.285. The van der Waals surface area contributed by atoms with Gasteiger partial charge >= 0.3 is 22.2 Å². The van der Waals surface area contributed by atoms with Crippen molar-refractivity contribution >= 4 is 28.1 Å². The summed E-state index contributed by atoms with van der Waals surface area (Å²) < 4.78 is 33.4. The topological polar surface area (TPSA) is 129 Å². The Morgan fingerprint density at radius 1 is 1.42 bits per heavy atom. The summed E-state index contributed by atoms with van der Waals surface area (Å²) in [5.41, 5.74) is 0. The molecule has 1 heterocycles. The zero-order valence-electron chi connectivity index (χ0n) is 9.65. The van der Waals surface area contributed by atoms with Gasteiger partial charge in [0.05, 0.1) is 12.2 Å². The van der Waals surface area contributed by atoms with Gasteiger partial charge in [-0.05, 0) is 0 Å². The number of aliphatic carboxylic acids is 2. The van der Waals surface area contributed by atoms with Crippen LogP contribution >= 0.6 is 0 Å². The summed E-state index contributed by atoms with van der Waals surface area (Å²) in [5.74, 6) is -5.34. The van der Waals surface area contributed by atoms with Crippen molar-refractivity contribution in [1.82, 2.24) is 4.90 Å². The molecular weight excluding hydrogens is 285 g/mol. The van der Waals surface area contributed by atoms with Crippen molar-refractivity contribution in [3.05, 3.63) is 0 Å². The second-order valence-corrected chi connectivity index (χ2v) is 5.68. The van der Waals surface area contributed by atoms with E-state index in [9.17, 15) is 26.7 Å². The molecule has 1 amide bonds. The van der Waals surface area contributed by atoms with Gasteiger partial charge in [-0.3, -0.25) is 9.59 Å². The molecule has 19 heavy (non-hydrogen) atoms. The Balaban J connectivity index is 2.80. The van der Waals surface area contributed by atoms with Crippen molar-refractivity contribution in [3.8, 4) is 0 Å². The van der Waals surface area contributed by atoms with E-state index in [0.29, 0.717) is 0 Å². The average Bonchev–Trinajstić information content (AvgIpc) is 2.52. The molecule has 2 atom stereocenters. The maximum Gasteiger partial charge on any atom is 0.327 e. The van der Waals surface area contributed by atoms with Crippen LogP contribution in [0.5, 0.6) is 0 Å². The van der Waals surface area contributed by atoms with E-state index in [2.05, 4.69) is 0 Å². The Hall–Kier alpha value is -1.71. The fourth-order valence-electron chi connectivity index (χ4n) is 2.00. The van der Waals surface area contributed by atoms with E-state index < -0.39 is 52.2 Å². The molecule has 108 valence electrons. The lowest BCUT2D eigenvalue weighted by molar-refractivity contribution is -0.153. The second-order valence-electron chi connectivity index (χ2n) is 4.27. The number of carboxylic acid groups (broad SMARTS) is 2. The molecule has 1 rings (SSSR count). The lowest BCUT2D eigenvalue weighted by atomic mass is 10.1. The van der Waals surface area contributed by atoms with E-state index >= 15 is 0 Å². The number of carboxylic acids is 2. The molecule has 0 aromatic heterocycles. The van der Waals surface area contributed by atoms with Gasteiger partial charge in [-0.25, -0.2) is 4.79 Å². The standard InChI is InChI=1S/C9H12FNO7S/c10-19(17,18)4-5-1-7(12)11(3-5)6(9(15)16)2-8(13)14/h5-6H,1-4H2,(H,13,14)(H,15,16). The first-order valence-electron chi connectivity index (χ1n) is 5.26. The molecule has 0 aliphatic carbocycles. The van der Waals surface area contributed by atoms with Crippen LogP contribution in [0.25, 0.3) is 0 Å². The maximum atomic E-state index is 12.5. The summed E-state index contributed by atoms with van der Waals surface area (Å²) in [4.78, 5) is 33.8. The molecule has 1 saturated heterocycles. The van der Waals surface area contributed by atoms with Crippen molar-refractivity contribution in [2.45, 2.75) is 18.9 Å². The molecule has 2 N–H and O–H groups in total. The summed E-state index contributed by atoms with van der Waals surface area (Å²) in [6.07, 6.45) is -1.11. The third kappa shape index (κ3) is 4.47. The number of carbonyl (C=O) groups is 3. The van der Waals surface area contributed by atoms with Crippen LogP contribution in [0.1, 0.15) is 12.8 Å². The molecule has 0 saturated carbocycles. The minimum absolute atomic E-state index is 0.285. The van der Waals surface area contributed by atoms with Crippen LogP contribution in [-0.4, -0.2) is 59.7 Å². The number of hydrogen-bond donors (Lipinski definition) is 2. The molecule has 2 unspecified atom stereocenters. The lowest BCUT2D eigenvalue weighted by Crippen LogP contribution is -2.43. The Kier molecular flexibility index (Phi) is 4.45. The fourth-order valence-corrected chi connectivity index (χ4v) is 2.79. The van der Waals surface area contributed by atoms with Gasteiger partial charge in [-0.2, -0.15) is 8.42 Å². The van der Waals surface area contributed by atoms with Gasteiger partial charge in [0.1, 0.15) is 6.04 Å². The molecule has 8 nitrogen and oxygen atoms in total. The highest BCUT2D eigenvalue weighted by Crippen LogP contribution is 2.23. The van der Waals surface area contributed by atoms with E-state index in [-0.39, 0.29) is 13.0 Å². The Labute approximate surface area is 108 Å². The molecule has 0 aromatic carbocycles. The number of hydrogen-bond acceptors (Lipinski definition) is 5. The maximum absolute atomic E-state index is 12.5. The van der Waals surface area contributed by atoms with E-state index in [1.54, 1.807) is 0 Å². The first-order chi connectivity index (χ1) is 8.60. The van der Waals surface area contributed by atoms with Gasteiger partial charge in [-0.1, -0.05) is 0 Å². The van der Waals surface area contributed by atoms with E-state index in [1.165, 1.54) is 0 Å². The predicted molar refractivity (Wildman–Crippen MR) is 58.4 cm³/mol. The van der Waals surface area contributed by atoms with Crippen LogP contribution in [0.15, 0.2) is 0 Å². The molecule has 1 fully saturated rings. The van der Waals surface area contributed by atoms with Crippen molar-refractivity contribution in [2.75, 3.05) is 12.3 Å². The zero-order valence-corrected chi connectivity index (χ0v) is 10.5. The summed E-state index contributed by atoms with van der Waals surface area (Å²) in [7, 11) is -4.77. The molecule has 0 aromatic rings. The first-order valence-corrected chi connectivity index (χ1v) is 6.82. The molecule has 10 heteroatoms. The number of likely N-dealkylation sites (tertiary alicyclic amines) is 1. The zero-order chi connectivity index (χ0) is 14.8. The van der Waals surface area contributed by atoms with Gasteiger partial charge in [0, 0.05) is 18.9 Å². The van der Waals surface area contributed by atoms with Crippen LogP contribution in [0, 0.1) is 5.92 Å². The Morgan fingerprint density at radius 2 is 2.00 bits per heavy atom. The van der Waals surface area contributed by atoms with Crippen molar-refractivity contribution in [1.29, 1.82) is 0 Å². The van der Waals surface area contributed by atoms with Crippen molar-refractivity contribution in [2.24, 2.45) is 5.92 Å². The molecular formula is C9H12FNO7S. The third-order valence-electron chi connectivity index (χ3n) is 2.70.